The van der Waals surface area contributed by atoms with Crippen LogP contribution in [0.25, 0.3) is 0 Å². The summed E-state index contributed by atoms with van der Waals surface area (Å²) in [5.41, 5.74) is 1.82. The minimum Gasteiger partial charge on any atom is -0.350 e. The maximum Gasteiger partial charge on any atom is 0.315 e. The van der Waals surface area contributed by atoms with E-state index in [0.29, 0.717) is 18.1 Å². The fourth-order valence-electron chi connectivity index (χ4n) is 1.90. The van der Waals surface area contributed by atoms with Crippen LogP contribution in [0.15, 0.2) is 54.6 Å². The van der Waals surface area contributed by atoms with Crippen molar-refractivity contribution in [2.75, 3.05) is 6.54 Å². The molecule has 3 amide bonds. The van der Waals surface area contributed by atoms with E-state index in [-0.39, 0.29) is 18.5 Å². The first-order valence-electron chi connectivity index (χ1n) is 7.21. The largest absolute Gasteiger partial charge is 0.350 e. The van der Waals surface area contributed by atoms with Gasteiger partial charge in [-0.3, -0.25) is 4.79 Å². The van der Waals surface area contributed by atoms with E-state index >= 15 is 0 Å². The normalized spacial score (nSPS) is 9.96. The molecule has 0 bridgehead atoms. The predicted molar refractivity (Wildman–Crippen MR) is 90.0 cm³/mol. The molecule has 0 aliphatic rings. The summed E-state index contributed by atoms with van der Waals surface area (Å²) in [6, 6.07) is 16.4. The summed E-state index contributed by atoms with van der Waals surface area (Å²) < 4.78 is 0. The molecule has 5 nitrogen and oxygen atoms in total. The molecule has 0 saturated heterocycles. The van der Waals surface area contributed by atoms with Crippen molar-refractivity contribution in [2.24, 2.45) is 0 Å². The van der Waals surface area contributed by atoms with Crippen LogP contribution in [0.2, 0.25) is 5.02 Å². The Hall–Kier alpha value is -2.53. The van der Waals surface area contributed by atoms with E-state index in [2.05, 4.69) is 16.0 Å². The van der Waals surface area contributed by atoms with Crippen LogP contribution in [0, 0.1) is 0 Å². The highest BCUT2D eigenvalue weighted by atomic mass is 35.5. The fraction of sp³-hybridized carbons (Fsp3) is 0.176. The number of rotatable bonds is 6. The second-order valence-corrected chi connectivity index (χ2v) is 5.30. The van der Waals surface area contributed by atoms with Crippen LogP contribution < -0.4 is 16.0 Å². The van der Waals surface area contributed by atoms with Crippen molar-refractivity contribution in [2.45, 2.75) is 13.1 Å². The van der Waals surface area contributed by atoms with Gasteiger partial charge >= 0.3 is 6.03 Å². The molecular weight excluding hydrogens is 314 g/mol. The maximum atomic E-state index is 11.7. The molecule has 0 spiro atoms. The summed E-state index contributed by atoms with van der Waals surface area (Å²) in [4.78, 5) is 23.3. The van der Waals surface area contributed by atoms with Crippen molar-refractivity contribution in [1.29, 1.82) is 0 Å². The maximum absolute atomic E-state index is 11.7. The van der Waals surface area contributed by atoms with Gasteiger partial charge in [-0.05, 0) is 17.2 Å². The van der Waals surface area contributed by atoms with Gasteiger partial charge in [-0.15, -0.1) is 0 Å². The average molecular weight is 332 g/mol. The number of benzene rings is 2. The first kappa shape index (κ1) is 16.8. The van der Waals surface area contributed by atoms with Gasteiger partial charge < -0.3 is 16.0 Å². The van der Waals surface area contributed by atoms with Crippen molar-refractivity contribution in [3.8, 4) is 0 Å². The summed E-state index contributed by atoms with van der Waals surface area (Å²) in [6.45, 7) is 0.644. The molecule has 2 aromatic carbocycles. The van der Waals surface area contributed by atoms with Crippen LogP contribution in [-0.2, 0) is 17.9 Å². The van der Waals surface area contributed by atoms with Crippen molar-refractivity contribution in [3.05, 3.63) is 70.7 Å². The standard InChI is InChI=1S/C17H18ClN3O2/c18-15-9-5-4-8-14(15)11-19-16(22)12-21-17(23)20-10-13-6-2-1-3-7-13/h1-9H,10-12H2,(H,19,22)(H2,20,21,23). The van der Waals surface area contributed by atoms with E-state index in [1.54, 1.807) is 6.07 Å². The van der Waals surface area contributed by atoms with Gasteiger partial charge in [0.05, 0.1) is 6.54 Å². The van der Waals surface area contributed by atoms with Gasteiger partial charge in [0.1, 0.15) is 0 Å². The second-order valence-electron chi connectivity index (χ2n) is 4.89. The van der Waals surface area contributed by atoms with Gasteiger partial charge in [0.15, 0.2) is 0 Å². The monoisotopic (exact) mass is 331 g/mol. The van der Waals surface area contributed by atoms with E-state index in [4.69, 9.17) is 11.6 Å². The number of carbonyl (C=O) groups is 2. The SMILES string of the molecule is O=C(CNC(=O)NCc1ccccc1)NCc1ccccc1Cl. The quantitative estimate of drug-likeness (QED) is 0.761. The zero-order valence-corrected chi connectivity index (χ0v) is 13.3. The summed E-state index contributed by atoms with van der Waals surface area (Å²) in [5, 5.41) is 8.50. The first-order chi connectivity index (χ1) is 11.1. The Morgan fingerprint density at radius 1 is 0.826 bits per heavy atom. The Morgan fingerprint density at radius 2 is 1.52 bits per heavy atom. The topological polar surface area (TPSA) is 70.2 Å². The summed E-state index contributed by atoms with van der Waals surface area (Å²) in [5.74, 6) is -0.278. The van der Waals surface area contributed by atoms with Crippen LogP contribution in [0.5, 0.6) is 0 Å². The Labute approximate surface area is 140 Å². The molecule has 120 valence electrons. The zero-order valence-electron chi connectivity index (χ0n) is 12.5. The summed E-state index contributed by atoms with van der Waals surface area (Å²) in [7, 11) is 0. The van der Waals surface area contributed by atoms with Crippen molar-refractivity contribution in [1.82, 2.24) is 16.0 Å². The molecule has 2 aromatic rings. The lowest BCUT2D eigenvalue weighted by molar-refractivity contribution is -0.120. The lowest BCUT2D eigenvalue weighted by Crippen LogP contribution is -2.41. The molecule has 0 heterocycles. The van der Waals surface area contributed by atoms with E-state index in [1.807, 2.05) is 48.5 Å². The van der Waals surface area contributed by atoms with E-state index in [9.17, 15) is 9.59 Å². The highest BCUT2D eigenvalue weighted by molar-refractivity contribution is 6.31. The molecule has 3 N–H and O–H groups in total. The summed E-state index contributed by atoms with van der Waals surface area (Å²) >= 11 is 6.00. The number of halogens is 1. The van der Waals surface area contributed by atoms with Gasteiger partial charge in [0.2, 0.25) is 5.91 Å². The average Bonchev–Trinajstić information content (AvgIpc) is 2.58. The number of carbonyl (C=O) groups excluding carboxylic acids is 2. The molecule has 0 aromatic heterocycles. The van der Waals surface area contributed by atoms with Crippen LogP contribution >= 0.6 is 11.6 Å². The minimum atomic E-state index is -0.387. The van der Waals surface area contributed by atoms with Crippen molar-refractivity contribution in [3.63, 3.8) is 0 Å². The Kier molecular flexibility index (Phi) is 6.44. The molecular formula is C17H18ClN3O2. The molecule has 0 aliphatic carbocycles. The number of hydrogen-bond acceptors (Lipinski definition) is 2. The molecule has 0 aliphatic heterocycles. The van der Waals surface area contributed by atoms with E-state index in [0.717, 1.165) is 11.1 Å². The second kappa shape index (κ2) is 8.80. The molecule has 6 heteroatoms. The highest BCUT2D eigenvalue weighted by Gasteiger charge is 2.06. The molecule has 23 heavy (non-hydrogen) atoms. The van der Waals surface area contributed by atoms with Crippen molar-refractivity contribution >= 4 is 23.5 Å². The Bertz CT molecular complexity index is 662. The van der Waals surface area contributed by atoms with Gasteiger partial charge in [0, 0.05) is 18.1 Å². The fourth-order valence-corrected chi connectivity index (χ4v) is 2.10. The third-order valence-electron chi connectivity index (χ3n) is 3.14. The molecule has 2 rings (SSSR count). The Balaban J connectivity index is 1.66. The minimum absolute atomic E-state index is 0.0922. The number of urea groups is 1. The van der Waals surface area contributed by atoms with E-state index in [1.165, 1.54) is 0 Å². The Morgan fingerprint density at radius 3 is 2.26 bits per heavy atom. The number of hydrogen-bond donors (Lipinski definition) is 3. The van der Waals surface area contributed by atoms with Crippen LogP contribution in [0.4, 0.5) is 4.79 Å². The zero-order chi connectivity index (χ0) is 16.5. The third kappa shape index (κ3) is 6.00. The lowest BCUT2D eigenvalue weighted by Gasteiger charge is -2.09. The van der Waals surface area contributed by atoms with Crippen LogP contribution in [0.1, 0.15) is 11.1 Å². The smallest absolute Gasteiger partial charge is 0.315 e. The van der Waals surface area contributed by atoms with Crippen molar-refractivity contribution < 1.29 is 9.59 Å². The molecule has 0 atom stereocenters. The molecule has 0 radical (unpaired) electrons. The van der Waals surface area contributed by atoms with Crippen LogP contribution in [-0.4, -0.2) is 18.5 Å². The predicted octanol–water partition coefficient (Wildman–Crippen LogP) is 2.46. The molecule has 0 fully saturated rings. The molecule has 0 unspecified atom stereocenters. The highest BCUT2D eigenvalue weighted by Crippen LogP contribution is 2.13. The van der Waals surface area contributed by atoms with Gasteiger partial charge in [-0.2, -0.15) is 0 Å². The third-order valence-corrected chi connectivity index (χ3v) is 3.51. The lowest BCUT2D eigenvalue weighted by atomic mass is 10.2. The van der Waals surface area contributed by atoms with Gasteiger partial charge in [-0.1, -0.05) is 60.1 Å². The van der Waals surface area contributed by atoms with Gasteiger partial charge in [0.25, 0.3) is 0 Å². The number of amides is 3. The van der Waals surface area contributed by atoms with Gasteiger partial charge in [-0.25, -0.2) is 4.79 Å². The van der Waals surface area contributed by atoms with Crippen LogP contribution in [0.3, 0.4) is 0 Å². The first-order valence-corrected chi connectivity index (χ1v) is 7.58. The summed E-state index contributed by atoms with van der Waals surface area (Å²) in [6.07, 6.45) is 0. The van der Waals surface area contributed by atoms with E-state index < -0.39 is 0 Å². The number of nitrogens with one attached hydrogen (secondary N) is 3. The molecule has 0 saturated carbocycles.